The molecule has 0 spiro atoms. The average Bonchev–Trinajstić information content (AvgIpc) is 3.40. The molecule has 11 nitrogen and oxygen atoms in total. The first-order valence-corrected chi connectivity index (χ1v) is 12.7. The van der Waals surface area contributed by atoms with Crippen LogP contribution in [0.25, 0.3) is 34.1 Å². The topological polar surface area (TPSA) is 144 Å². The van der Waals surface area contributed by atoms with Gasteiger partial charge in [0.2, 0.25) is 17.5 Å². The highest BCUT2D eigenvalue weighted by Crippen LogP contribution is 2.58. The number of aromatic nitrogens is 7. The fourth-order valence-electron chi connectivity index (χ4n) is 3.96. The number of halogens is 5. The van der Waals surface area contributed by atoms with Gasteiger partial charge in [0.25, 0.3) is 11.6 Å². The number of alkyl halides is 5. The van der Waals surface area contributed by atoms with Gasteiger partial charge in [-0.1, -0.05) is 12.1 Å². The maximum absolute atomic E-state index is 13.7. The number of hydrogen-bond donors (Lipinski definition) is 0. The monoisotopic (exact) mass is 559 g/mol. The molecule has 5 rings (SSSR count). The van der Waals surface area contributed by atoms with Crippen molar-refractivity contribution >= 4 is 21.0 Å². The van der Waals surface area contributed by atoms with Crippen molar-refractivity contribution in [2.45, 2.75) is 49.1 Å². The van der Waals surface area contributed by atoms with E-state index in [1.807, 2.05) is 0 Å². The van der Waals surface area contributed by atoms with Crippen LogP contribution in [0.1, 0.15) is 38.3 Å². The fourth-order valence-corrected chi connectivity index (χ4v) is 5.05. The van der Waals surface area contributed by atoms with Gasteiger partial charge in [-0.05, 0) is 25.0 Å². The van der Waals surface area contributed by atoms with Crippen molar-refractivity contribution in [2.75, 3.05) is 5.75 Å². The van der Waals surface area contributed by atoms with Crippen LogP contribution in [-0.2, 0) is 28.2 Å². The summed E-state index contributed by atoms with van der Waals surface area (Å²) in [6.07, 6.45) is -4.24. The second-order valence-electron chi connectivity index (χ2n) is 9.00. The number of hydrogen-bond acceptors (Lipinski definition) is 9. The number of sulfone groups is 1. The van der Waals surface area contributed by atoms with Gasteiger partial charge in [-0.3, -0.25) is 0 Å². The first kappa shape index (κ1) is 25.9. The molecule has 1 aliphatic rings. The Hall–Kier alpha value is -3.76. The highest BCUT2D eigenvalue weighted by atomic mass is 32.2. The van der Waals surface area contributed by atoms with E-state index in [1.165, 1.54) is 18.5 Å². The van der Waals surface area contributed by atoms with Gasteiger partial charge in [0.15, 0.2) is 21.7 Å². The predicted molar refractivity (Wildman–Crippen MR) is 118 cm³/mol. The lowest BCUT2D eigenvalue weighted by molar-refractivity contribution is -0.595. The highest BCUT2D eigenvalue weighted by molar-refractivity contribution is 7.91. The molecule has 0 amide bonds. The van der Waals surface area contributed by atoms with Crippen LogP contribution in [0.2, 0.25) is 0 Å². The molecule has 4 aromatic rings. The molecule has 0 N–H and O–H groups in total. The lowest BCUT2D eigenvalue weighted by Crippen LogP contribution is -2.32. The standard InChI is InChI=1S/C21H18F5N7O4S/c1-4-38(35,36)12-7-10(15-28-18(37-31-15)20(5-6-20)21(24,25)26)9-33(34)14(12)17-27-11-8-13(19(2,22)23)29-30-16(11)32(17)3/h7-9H,4-6H2,1-3H3. The van der Waals surface area contributed by atoms with Crippen LogP contribution >= 0.6 is 0 Å². The second-order valence-corrected chi connectivity index (χ2v) is 11.2. The van der Waals surface area contributed by atoms with E-state index < -0.39 is 61.1 Å². The number of nitrogens with zero attached hydrogens (tertiary/aromatic N) is 7. The summed E-state index contributed by atoms with van der Waals surface area (Å²) in [6, 6.07) is 2.00. The van der Waals surface area contributed by atoms with E-state index in [0.29, 0.717) is 6.92 Å². The molecule has 38 heavy (non-hydrogen) atoms. The van der Waals surface area contributed by atoms with E-state index in [0.717, 1.165) is 18.3 Å². The Balaban J connectivity index is 1.68. The number of imidazole rings is 1. The van der Waals surface area contributed by atoms with Crippen LogP contribution in [0, 0.1) is 5.21 Å². The smallest absolute Gasteiger partial charge is 0.403 e. The average molecular weight is 559 g/mol. The van der Waals surface area contributed by atoms with E-state index in [4.69, 9.17) is 4.52 Å². The van der Waals surface area contributed by atoms with E-state index in [1.54, 1.807) is 0 Å². The fraction of sp³-hybridized carbons (Fsp3) is 0.429. The zero-order chi connectivity index (χ0) is 27.8. The van der Waals surface area contributed by atoms with Crippen LogP contribution < -0.4 is 4.73 Å². The maximum Gasteiger partial charge on any atom is 0.403 e. The van der Waals surface area contributed by atoms with Crippen molar-refractivity contribution in [3.63, 3.8) is 0 Å². The summed E-state index contributed by atoms with van der Waals surface area (Å²) in [4.78, 5) is 7.45. The molecule has 0 atom stereocenters. The van der Waals surface area contributed by atoms with Gasteiger partial charge in [-0.25, -0.2) is 13.4 Å². The van der Waals surface area contributed by atoms with Crippen LogP contribution in [0.3, 0.4) is 0 Å². The molecule has 1 saturated carbocycles. The number of aryl methyl sites for hydroxylation is 1. The number of rotatable bonds is 6. The Morgan fingerprint density at radius 3 is 2.42 bits per heavy atom. The molecule has 0 radical (unpaired) electrons. The van der Waals surface area contributed by atoms with E-state index >= 15 is 0 Å². The summed E-state index contributed by atoms with van der Waals surface area (Å²) in [7, 11) is -2.76. The molecule has 202 valence electrons. The molecule has 17 heteroatoms. The molecule has 4 heterocycles. The number of fused-ring (bicyclic) bond motifs is 1. The second kappa shape index (κ2) is 8.12. The molecule has 0 aliphatic heterocycles. The van der Waals surface area contributed by atoms with Gasteiger partial charge >= 0.3 is 6.18 Å². The predicted octanol–water partition coefficient (Wildman–Crippen LogP) is 3.21. The van der Waals surface area contributed by atoms with Gasteiger partial charge in [0.05, 0.1) is 11.3 Å². The summed E-state index contributed by atoms with van der Waals surface area (Å²) < 4.78 is 100. The molecule has 0 unspecified atom stereocenters. The van der Waals surface area contributed by atoms with Gasteiger partial charge in [0.1, 0.15) is 21.5 Å². The van der Waals surface area contributed by atoms with Gasteiger partial charge < -0.3 is 14.3 Å². The summed E-state index contributed by atoms with van der Waals surface area (Å²) in [5.74, 6) is -5.09. The first-order valence-electron chi connectivity index (χ1n) is 11.1. The molecule has 0 saturated heterocycles. The van der Waals surface area contributed by atoms with Gasteiger partial charge in [0, 0.05) is 14.0 Å². The SMILES string of the molecule is CCS(=O)(=O)c1cc(-c2noc(C3(C(F)(F)F)CC3)n2)c[n+]([O-])c1-c1nc2cc(C(C)(F)F)nnc2n1C. The molecular formula is C21H18F5N7O4S. The van der Waals surface area contributed by atoms with Crippen LogP contribution in [0.5, 0.6) is 0 Å². The highest BCUT2D eigenvalue weighted by Gasteiger charge is 2.68. The Labute approximate surface area is 210 Å². The quantitative estimate of drug-likeness (QED) is 0.198. The minimum atomic E-state index is -4.62. The van der Waals surface area contributed by atoms with Gasteiger partial charge in [-0.15, -0.1) is 10.2 Å². The Bertz CT molecular complexity index is 1690. The van der Waals surface area contributed by atoms with E-state index in [-0.39, 0.29) is 40.1 Å². The minimum Gasteiger partial charge on any atom is -0.618 e. The van der Waals surface area contributed by atoms with Gasteiger partial charge in [-0.2, -0.15) is 31.7 Å². The number of pyridine rings is 1. The van der Waals surface area contributed by atoms with Crippen LogP contribution in [0.15, 0.2) is 27.7 Å². The van der Waals surface area contributed by atoms with Crippen LogP contribution in [-0.4, -0.2) is 50.2 Å². The van der Waals surface area contributed by atoms with Crippen molar-refractivity contribution in [1.29, 1.82) is 0 Å². The lowest BCUT2D eigenvalue weighted by Gasteiger charge is -2.13. The minimum absolute atomic E-state index is 0.00150. The van der Waals surface area contributed by atoms with Crippen molar-refractivity contribution < 1.29 is 39.6 Å². The Kier molecular flexibility index (Phi) is 5.53. The Morgan fingerprint density at radius 1 is 1.16 bits per heavy atom. The zero-order valence-corrected chi connectivity index (χ0v) is 20.7. The molecule has 4 aromatic heterocycles. The molecule has 1 fully saturated rings. The van der Waals surface area contributed by atoms with Crippen LogP contribution in [0.4, 0.5) is 22.0 Å². The van der Waals surface area contributed by atoms with E-state index in [2.05, 4.69) is 25.3 Å². The van der Waals surface area contributed by atoms with Crippen molar-refractivity contribution in [2.24, 2.45) is 7.05 Å². The summed E-state index contributed by atoms with van der Waals surface area (Å²) in [5.41, 5.74) is -3.69. The van der Waals surface area contributed by atoms with Crippen molar-refractivity contribution in [3.8, 4) is 22.9 Å². The van der Waals surface area contributed by atoms with E-state index in [9.17, 15) is 35.6 Å². The van der Waals surface area contributed by atoms with Crippen molar-refractivity contribution in [3.05, 3.63) is 35.1 Å². The zero-order valence-electron chi connectivity index (χ0n) is 19.9. The lowest BCUT2D eigenvalue weighted by atomic mass is 10.1. The first-order chi connectivity index (χ1) is 17.6. The summed E-state index contributed by atoms with van der Waals surface area (Å²) in [6.45, 7) is 1.94. The molecule has 1 aliphatic carbocycles. The summed E-state index contributed by atoms with van der Waals surface area (Å²) >= 11 is 0. The largest absolute Gasteiger partial charge is 0.618 e. The third kappa shape index (κ3) is 3.95. The molecular weight excluding hydrogens is 541 g/mol. The molecule has 0 bridgehead atoms. The third-order valence-electron chi connectivity index (χ3n) is 6.38. The molecule has 0 aromatic carbocycles. The van der Waals surface area contributed by atoms with Crippen molar-refractivity contribution in [1.82, 2.24) is 29.9 Å². The Morgan fingerprint density at radius 2 is 1.84 bits per heavy atom. The normalized spacial score (nSPS) is 15.8. The maximum atomic E-state index is 13.7. The summed E-state index contributed by atoms with van der Waals surface area (Å²) in [5, 5.41) is 24.0. The third-order valence-corrected chi connectivity index (χ3v) is 8.12.